The van der Waals surface area contributed by atoms with Crippen LogP contribution in [0.5, 0.6) is 0 Å². The van der Waals surface area contributed by atoms with Crippen molar-refractivity contribution in [1.82, 2.24) is 10.2 Å². The molecule has 1 fully saturated rings. The molecule has 1 atom stereocenters. The van der Waals surface area contributed by atoms with E-state index in [4.69, 9.17) is 5.73 Å². The Morgan fingerprint density at radius 2 is 1.94 bits per heavy atom. The molecule has 104 valence electrons. The molecule has 0 aromatic rings. The van der Waals surface area contributed by atoms with Crippen LogP contribution >= 0.6 is 0 Å². The summed E-state index contributed by atoms with van der Waals surface area (Å²) >= 11 is 0. The van der Waals surface area contributed by atoms with Crippen molar-refractivity contribution >= 4 is 11.8 Å². The molecule has 0 aliphatic carbocycles. The van der Waals surface area contributed by atoms with Crippen LogP contribution in [0, 0.1) is 0 Å². The average molecular weight is 255 g/mol. The Hall–Kier alpha value is -1.10. The molecule has 0 bridgehead atoms. The number of hydrogen-bond donors (Lipinski definition) is 2. The molecular formula is C13H25N3O2. The minimum atomic E-state index is -0.754. The van der Waals surface area contributed by atoms with Gasteiger partial charge >= 0.3 is 0 Å². The molecule has 1 rings (SSSR count). The van der Waals surface area contributed by atoms with Crippen LogP contribution in [0.4, 0.5) is 0 Å². The number of likely N-dealkylation sites (tertiary alicyclic amines) is 1. The summed E-state index contributed by atoms with van der Waals surface area (Å²) in [6, 6.07) is 0.196. The van der Waals surface area contributed by atoms with Crippen LogP contribution in [0.1, 0.15) is 46.5 Å². The molecular weight excluding hydrogens is 230 g/mol. The first-order valence-corrected chi connectivity index (χ1v) is 6.72. The van der Waals surface area contributed by atoms with Crippen LogP contribution in [-0.4, -0.2) is 41.4 Å². The first-order chi connectivity index (χ1) is 8.36. The largest absolute Gasteiger partial charge is 0.353 e. The van der Waals surface area contributed by atoms with Crippen LogP contribution in [0.3, 0.4) is 0 Å². The van der Waals surface area contributed by atoms with Crippen LogP contribution < -0.4 is 11.1 Å². The Labute approximate surface area is 109 Å². The summed E-state index contributed by atoms with van der Waals surface area (Å²) in [5, 5.41) is 2.90. The molecule has 1 aliphatic rings. The molecule has 3 N–H and O–H groups in total. The number of hydrogen-bond acceptors (Lipinski definition) is 3. The fourth-order valence-electron chi connectivity index (χ4n) is 2.50. The summed E-state index contributed by atoms with van der Waals surface area (Å²) in [5.41, 5.74) is 5.30. The molecule has 0 saturated carbocycles. The summed E-state index contributed by atoms with van der Waals surface area (Å²) in [5.74, 6) is 0.0278. The van der Waals surface area contributed by atoms with Gasteiger partial charge in [0, 0.05) is 26.1 Å². The van der Waals surface area contributed by atoms with Gasteiger partial charge in [-0.3, -0.25) is 9.59 Å². The van der Waals surface area contributed by atoms with E-state index in [0.29, 0.717) is 19.5 Å². The molecule has 2 amide bonds. The van der Waals surface area contributed by atoms with E-state index in [9.17, 15) is 9.59 Å². The Bertz CT molecular complexity index is 307. The zero-order valence-electron chi connectivity index (χ0n) is 11.7. The first kappa shape index (κ1) is 15.0. The van der Waals surface area contributed by atoms with E-state index in [1.807, 2.05) is 11.8 Å². The van der Waals surface area contributed by atoms with Crippen molar-refractivity contribution in [2.24, 2.45) is 5.73 Å². The van der Waals surface area contributed by atoms with Crippen molar-refractivity contribution in [3.63, 3.8) is 0 Å². The van der Waals surface area contributed by atoms with Crippen molar-refractivity contribution in [2.75, 3.05) is 13.1 Å². The Kier molecular flexibility index (Phi) is 5.14. The van der Waals surface area contributed by atoms with E-state index >= 15 is 0 Å². The molecule has 1 aliphatic heterocycles. The average Bonchev–Trinajstić information content (AvgIpc) is 2.28. The number of carbonyl (C=O) groups is 2. The molecule has 1 heterocycles. The second kappa shape index (κ2) is 6.18. The number of nitrogens with two attached hydrogens (primary N) is 1. The van der Waals surface area contributed by atoms with E-state index in [-0.39, 0.29) is 17.9 Å². The van der Waals surface area contributed by atoms with Crippen molar-refractivity contribution in [2.45, 2.75) is 58.0 Å². The first-order valence-electron chi connectivity index (χ1n) is 6.72. The summed E-state index contributed by atoms with van der Waals surface area (Å²) in [6.07, 6.45) is 3.24. The third-order valence-corrected chi connectivity index (χ3v) is 3.45. The zero-order valence-corrected chi connectivity index (χ0v) is 11.7. The van der Waals surface area contributed by atoms with Gasteiger partial charge in [-0.15, -0.1) is 0 Å². The highest BCUT2D eigenvalue weighted by Gasteiger charge is 2.33. The lowest BCUT2D eigenvalue weighted by molar-refractivity contribution is -0.137. The fourth-order valence-corrected chi connectivity index (χ4v) is 2.50. The monoisotopic (exact) mass is 255 g/mol. The maximum absolute atomic E-state index is 12.3. The van der Waals surface area contributed by atoms with Crippen LogP contribution in [0.2, 0.25) is 0 Å². The van der Waals surface area contributed by atoms with Crippen molar-refractivity contribution in [3.8, 4) is 0 Å². The van der Waals surface area contributed by atoms with Gasteiger partial charge in [-0.1, -0.05) is 13.3 Å². The standard InChI is InChI=1S/C13H25N3O2/c1-4-7-13(3,14)12(18)16-8-5-11(6-9-16)15-10(2)17/h11H,4-9,14H2,1-3H3,(H,15,17). The highest BCUT2D eigenvalue weighted by Crippen LogP contribution is 2.17. The molecule has 0 radical (unpaired) electrons. The lowest BCUT2D eigenvalue weighted by Gasteiger charge is -2.37. The zero-order chi connectivity index (χ0) is 13.8. The number of nitrogens with one attached hydrogen (secondary N) is 1. The minimum absolute atomic E-state index is 0.00516. The highest BCUT2D eigenvalue weighted by atomic mass is 16.2. The second-order valence-electron chi connectivity index (χ2n) is 5.43. The fraction of sp³-hybridized carbons (Fsp3) is 0.846. The normalized spacial score (nSPS) is 20.3. The van der Waals surface area contributed by atoms with Crippen LogP contribution in [-0.2, 0) is 9.59 Å². The number of carbonyl (C=O) groups excluding carboxylic acids is 2. The van der Waals surface area contributed by atoms with Crippen molar-refractivity contribution in [1.29, 1.82) is 0 Å². The molecule has 0 aromatic carbocycles. The predicted octanol–water partition coefficient (Wildman–Crippen LogP) is 0.631. The highest BCUT2D eigenvalue weighted by molar-refractivity contribution is 5.85. The Morgan fingerprint density at radius 3 is 2.39 bits per heavy atom. The van der Waals surface area contributed by atoms with Crippen molar-refractivity contribution in [3.05, 3.63) is 0 Å². The van der Waals surface area contributed by atoms with E-state index in [1.165, 1.54) is 6.92 Å². The molecule has 0 spiro atoms. The van der Waals surface area contributed by atoms with E-state index in [2.05, 4.69) is 5.32 Å². The number of piperidine rings is 1. The number of rotatable bonds is 4. The maximum atomic E-state index is 12.3. The molecule has 5 heteroatoms. The van der Waals surface area contributed by atoms with Gasteiger partial charge in [0.1, 0.15) is 0 Å². The van der Waals surface area contributed by atoms with E-state index < -0.39 is 5.54 Å². The minimum Gasteiger partial charge on any atom is -0.353 e. The van der Waals surface area contributed by atoms with Gasteiger partial charge in [-0.2, -0.15) is 0 Å². The van der Waals surface area contributed by atoms with Crippen LogP contribution in [0.25, 0.3) is 0 Å². The maximum Gasteiger partial charge on any atom is 0.242 e. The summed E-state index contributed by atoms with van der Waals surface area (Å²) < 4.78 is 0. The molecule has 18 heavy (non-hydrogen) atoms. The molecule has 1 saturated heterocycles. The third kappa shape index (κ3) is 3.98. The quantitative estimate of drug-likeness (QED) is 0.773. The molecule has 1 unspecified atom stereocenters. The summed E-state index contributed by atoms with van der Waals surface area (Å²) in [7, 11) is 0. The Morgan fingerprint density at radius 1 is 1.39 bits per heavy atom. The predicted molar refractivity (Wildman–Crippen MR) is 70.9 cm³/mol. The van der Waals surface area contributed by atoms with E-state index in [0.717, 1.165) is 19.3 Å². The SMILES string of the molecule is CCCC(C)(N)C(=O)N1CCC(NC(C)=O)CC1. The summed E-state index contributed by atoms with van der Waals surface area (Å²) in [4.78, 5) is 25.0. The second-order valence-corrected chi connectivity index (χ2v) is 5.43. The molecule has 5 nitrogen and oxygen atoms in total. The van der Waals surface area contributed by atoms with Gasteiger partial charge in [0.25, 0.3) is 0 Å². The van der Waals surface area contributed by atoms with Gasteiger partial charge in [-0.05, 0) is 26.2 Å². The van der Waals surface area contributed by atoms with Gasteiger partial charge in [0.05, 0.1) is 5.54 Å². The van der Waals surface area contributed by atoms with Crippen molar-refractivity contribution < 1.29 is 9.59 Å². The van der Waals surface area contributed by atoms with Crippen LogP contribution in [0.15, 0.2) is 0 Å². The Balaban J connectivity index is 2.47. The lowest BCUT2D eigenvalue weighted by Crippen LogP contribution is -2.56. The molecule has 0 aromatic heterocycles. The van der Waals surface area contributed by atoms with Gasteiger partial charge in [0.15, 0.2) is 0 Å². The smallest absolute Gasteiger partial charge is 0.242 e. The van der Waals surface area contributed by atoms with E-state index in [1.54, 1.807) is 6.92 Å². The van der Waals surface area contributed by atoms with Gasteiger partial charge in [-0.25, -0.2) is 0 Å². The topological polar surface area (TPSA) is 75.4 Å². The van der Waals surface area contributed by atoms with Gasteiger partial charge < -0.3 is 16.0 Å². The summed E-state index contributed by atoms with van der Waals surface area (Å²) in [6.45, 7) is 6.72. The number of nitrogens with zero attached hydrogens (tertiary/aromatic N) is 1. The lowest BCUT2D eigenvalue weighted by atomic mass is 9.94. The van der Waals surface area contributed by atoms with Gasteiger partial charge in [0.2, 0.25) is 11.8 Å². The number of amides is 2. The third-order valence-electron chi connectivity index (χ3n) is 3.45.